The minimum atomic E-state index is 0.797. The zero-order valence-electron chi connectivity index (χ0n) is 14.1. The van der Waals surface area contributed by atoms with E-state index in [1.165, 1.54) is 51.9 Å². The fourth-order valence-corrected chi connectivity index (χ4v) is 3.70. The molecule has 0 radical (unpaired) electrons. The second-order valence-corrected chi connectivity index (χ2v) is 6.71. The lowest BCUT2D eigenvalue weighted by Gasteiger charge is -2.37. The van der Waals surface area contributed by atoms with Crippen molar-refractivity contribution < 1.29 is 0 Å². The number of piperazine rings is 1. The van der Waals surface area contributed by atoms with Gasteiger partial charge < -0.3 is 9.80 Å². The maximum atomic E-state index is 9.26. The lowest BCUT2D eigenvalue weighted by molar-refractivity contribution is 0.200. The fourth-order valence-electron chi connectivity index (χ4n) is 3.70. The van der Waals surface area contributed by atoms with Crippen molar-refractivity contribution in [2.75, 3.05) is 57.3 Å². The summed E-state index contributed by atoms with van der Waals surface area (Å²) in [5.41, 5.74) is 1.90. The van der Waals surface area contributed by atoms with E-state index in [1.54, 1.807) is 0 Å². The SMILES string of the molecule is N#Cc1ccccc1N1CCN(CCN2CCCCCC2)CC1. The lowest BCUT2D eigenvalue weighted by atomic mass is 10.1. The Kier molecular flexibility index (Phi) is 5.90. The first-order chi connectivity index (χ1) is 11.4. The van der Waals surface area contributed by atoms with Crippen LogP contribution >= 0.6 is 0 Å². The third-order valence-corrected chi connectivity index (χ3v) is 5.17. The van der Waals surface area contributed by atoms with Crippen molar-refractivity contribution in [2.45, 2.75) is 25.7 Å². The molecule has 2 fully saturated rings. The number of benzene rings is 1. The van der Waals surface area contributed by atoms with Crippen LogP contribution in [-0.4, -0.2) is 62.2 Å². The van der Waals surface area contributed by atoms with Crippen LogP contribution in [0, 0.1) is 11.3 Å². The van der Waals surface area contributed by atoms with E-state index in [0.29, 0.717) is 0 Å². The van der Waals surface area contributed by atoms with Gasteiger partial charge in [-0.1, -0.05) is 25.0 Å². The maximum absolute atomic E-state index is 9.26. The maximum Gasteiger partial charge on any atom is 0.101 e. The van der Waals surface area contributed by atoms with Gasteiger partial charge in [0, 0.05) is 39.3 Å². The van der Waals surface area contributed by atoms with Crippen LogP contribution in [0.4, 0.5) is 5.69 Å². The molecule has 0 atom stereocenters. The average molecular weight is 312 g/mol. The molecule has 4 heteroatoms. The van der Waals surface area contributed by atoms with Crippen molar-refractivity contribution in [3.8, 4) is 6.07 Å². The van der Waals surface area contributed by atoms with E-state index in [9.17, 15) is 5.26 Å². The predicted octanol–water partition coefficient (Wildman–Crippen LogP) is 2.56. The summed E-state index contributed by atoms with van der Waals surface area (Å²) in [4.78, 5) is 7.59. The minimum Gasteiger partial charge on any atom is -0.368 e. The van der Waals surface area contributed by atoms with Crippen LogP contribution in [-0.2, 0) is 0 Å². The van der Waals surface area contributed by atoms with Gasteiger partial charge in [0.1, 0.15) is 6.07 Å². The van der Waals surface area contributed by atoms with Crippen LogP contribution in [0.2, 0.25) is 0 Å². The second kappa shape index (κ2) is 8.33. The molecule has 2 heterocycles. The van der Waals surface area contributed by atoms with Gasteiger partial charge in [-0.05, 0) is 38.1 Å². The molecule has 2 saturated heterocycles. The van der Waals surface area contributed by atoms with Crippen LogP contribution in [0.1, 0.15) is 31.2 Å². The van der Waals surface area contributed by atoms with Gasteiger partial charge in [-0.3, -0.25) is 4.90 Å². The van der Waals surface area contributed by atoms with Gasteiger partial charge in [-0.2, -0.15) is 5.26 Å². The highest BCUT2D eigenvalue weighted by Gasteiger charge is 2.19. The third kappa shape index (κ3) is 4.46. The largest absolute Gasteiger partial charge is 0.368 e. The quantitative estimate of drug-likeness (QED) is 0.855. The Labute approximate surface area is 140 Å². The molecule has 2 aliphatic heterocycles. The molecule has 0 unspecified atom stereocenters. The van der Waals surface area contributed by atoms with E-state index in [-0.39, 0.29) is 0 Å². The smallest absolute Gasteiger partial charge is 0.101 e. The van der Waals surface area contributed by atoms with Crippen molar-refractivity contribution in [2.24, 2.45) is 0 Å². The Morgan fingerprint density at radius 3 is 2.04 bits per heavy atom. The van der Waals surface area contributed by atoms with Crippen molar-refractivity contribution in [1.29, 1.82) is 5.26 Å². The standard InChI is InChI=1S/C19H28N4/c20-17-18-7-3-4-8-19(18)23-15-13-22(14-16-23)12-11-21-9-5-1-2-6-10-21/h3-4,7-8H,1-2,5-6,9-16H2. The molecule has 0 saturated carbocycles. The minimum absolute atomic E-state index is 0.797. The molecule has 3 rings (SSSR count). The number of nitriles is 1. The summed E-state index contributed by atoms with van der Waals surface area (Å²) in [5.74, 6) is 0. The number of nitrogens with zero attached hydrogens (tertiary/aromatic N) is 4. The highest BCUT2D eigenvalue weighted by atomic mass is 15.3. The Morgan fingerprint density at radius 1 is 0.783 bits per heavy atom. The van der Waals surface area contributed by atoms with E-state index < -0.39 is 0 Å². The van der Waals surface area contributed by atoms with E-state index in [0.717, 1.165) is 37.4 Å². The van der Waals surface area contributed by atoms with Gasteiger partial charge in [-0.25, -0.2) is 0 Å². The first kappa shape index (κ1) is 16.3. The van der Waals surface area contributed by atoms with Gasteiger partial charge in [0.25, 0.3) is 0 Å². The topological polar surface area (TPSA) is 33.5 Å². The summed E-state index contributed by atoms with van der Waals surface area (Å²) in [6.07, 6.45) is 5.57. The van der Waals surface area contributed by atoms with Gasteiger partial charge in [0.05, 0.1) is 11.3 Å². The molecule has 4 nitrogen and oxygen atoms in total. The molecule has 124 valence electrons. The lowest BCUT2D eigenvalue weighted by Crippen LogP contribution is -2.48. The Hall–Kier alpha value is -1.57. The van der Waals surface area contributed by atoms with E-state index in [4.69, 9.17) is 0 Å². The summed E-state index contributed by atoms with van der Waals surface area (Å²) in [5, 5.41) is 9.26. The van der Waals surface area contributed by atoms with Crippen molar-refractivity contribution >= 4 is 5.69 Å². The van der Waals surface area contributed by atoms with Crippen LogP contribution in [0.25, 0.3) is 0 Å². The normalized spacial score (nSPS) is 20.9. The van der Waals surface area contributed by atoms with Crippen LogP contribution in [0.15, 0.2) is 24.3 Å². The molecule has 0 N–H and O–H groups in total. The zero-order chi connectivity index (χ0) is 15.9. The molecule has 2 aliphatic rings. The molecule has 0 aliphatic carbocycles. The molecule has 23 heavy (non-hydrogen) atoms. The summed E-state index contributed by atoms with van der Waals surface area (Å²) in [6, 6.07) is 10.3. The van der Waals surface area contributed by atoms with Crippen molar-refractivity contribution in [3.63, 3.8) is 0 Å². The molecular formula is C19H28N4. The summed E-state index contributed by atoms with van der Waals surface area (Å²) in [7, 11) is 0. The van der Waals surface area contributed by atoms with Gasteiger partial charge >= 0.3 is 0 Å². The highest BCUT2D eigenvalue weighted by molar-refractivity contribution is 5.59. The highest BCUT2D eigenvalue weighted by Crippen LogP contribution is 2.21. The van der Waals surface area contributed by atoms with Gasteiger partial charge in [0.2, 0.25) is 0 Å². The molecule has 0 aromatic heterocycles. The third-order valence-electron chi connectivity index (χ3n) is 5.17. The molecule has 0 bridgehead atoms. The number of hydrogen-bond donors (Lipinski definition) is 0. The Bertz CT molecular complexity index is 520. The molecule has 0 spiro atoms. The number of rotatable bonds is 4. The first-order valence-electron chi connectivity index (χ1n) is 9.05. The van der Waals surface area contributed by atoms with Crippen molar-refractivity contribution in [3.05, 3.63) is 29.8 Å². The number of anilines is 1. The summed E-state index contributed by atoms with van der Waals surface area (Å²) < 4.78 is 0. The molecule has 0 amide bonds. The number of para-hydroxylation sites is 1. The van der Waals surface area contributed by atoms with Crippen molar-refractivity contribution in [1.82, 2.24) is 9.80 Å². The van der Waals surface area contributed by atoms with Crippen LogP contribution in [0.5, 0.6) is 0 Å². The molecular weight excluding hydrogens is 284 g/mol. The Morgan fingerprint density at radius 2 is 1.39 bits per heavy atom. The van der Waals surface area contributed by atoms with E-state index in [2.05, 4.69) is 26.8 Å². The summed E-state index contributed by atoms with van der Waals surface area (Å²) >= 11 is 0. The number of likely N-dealkylation sites (tertiary alicyclic amines) is 1. The van der Waals surface area contributed by atoms with Gasteiger partial charge in [-0.15, -0.1) is 0 Å². The fraction of sp³-hybridized carbons (Fsp3) is 0.632. The van der Waals surface area contributed by atoms with Crippen LogP contribution < -0.4 is 4.90 Å². The first-order valence-corrected chi connectivity index (χ1v) is 9.05. The zero-order valence-corrected chi connectivity index (χ0v) is 14.1. The predicted molar refractivity (Wildman–Crippen MR) is 94.7 cm³/mol. The molecule has 1 aromatic carbocycles. The van der Waals surface area contributed by atoms with E-state index in [1.807, 2.05) is 18.2 Å². The van der Waals surface area contributed by atoms with Gasteiger partial charge in [0.15, 0.2) is 0 Å². The summed E-state index contributed by atoms with van der Waals surface area (Å²) in [6.45, 7) is 9.24. The molecule has 1 aromatic rings. The Balaban J connectivity index is 1.46. The number of hydrogen-bond acceptors (Lipinski definition) is 4. The average Bonchev–Trinajstić information content (AvgIpc) is 2.89. The second-order valence-electron chi connectivity index (χ2n) is 6.71. The van der Waals surface area contributed by atoms with E-state index >= 15 is 0 Å². The van der Waals surface area contributed by atoms with Crippen LogP contribution in [0.3, 0.4) is 0 Å². The monoisotopic (exact) mass is 312 g/mol.